The highest BCUT2D eigenvalue weighted by Gasteiger charge is 2.27. The summed E-state index contributed by atoms with van der Waals surface area (Å²) in [5.41, 5.74) is -1.86. The molecule has 0 atom stereocenters. The number of pyridine rings is 1. The second-order valence-electron chi connectivity index (χ2n) is 4.01. The van der Waals surface area contributed by atoms with Crippen LogP contribution in [0.15, 0.2) is 35.3 Å². The summed E-state index contributed by atoms with van der Waals surface area (Å²) in [6, 6.07) is 4.62. The van der Waals surface area contributed by atoms with Gasteiger partial charge >= 0.3 is 5.97 Å². The van der Waals surface area contributed by atoms with Gasteiger partial charge in [0.05, 0.1) is 23.8 Å². The highest BCUT2D eigenvalue weighted by atomic mass is 19.1. The lowest BCUT2D eigenvalue weighted by Crippen LogP contribution is -2.21. The van der Waals surface area contributed by atoms with E-state index in [1.165, 1.54) is 12.1 Å². The number of methoxy groups -OCH3 is 1. The van der Waals surface area contributed by atoms with Crippen LogP contribution in [0.5, 0.6) is 0 Å². The molecule has 0 radical (unpaired) electrons. The largest absolute Gasteiger partial charge is 0.465 e. The lowest BCUT2D eigenvalue weighted by atomic mass is 9.99. The number of halogens is 1. The number of nitrogens with zero attached hydrogens (tertiary/aromatic N) is 1. The number of aromatic nitrogens is 1. The van der Waals surface area contributed by atoms with E-state index in [-0.39, 0.29) is 11.1 Å². The first-order chi connectivity index (χ1) is 9.95. The number of esters is 1. The van der Waals surface area contributed by atoms with E-state index in [1.807, 2.05) is 0 Å². The molecule has 21 heavy (non-hydrogen) atoms. The topological polar surface area (TPSA) is 102 Å². The third-order valence-corrected chi connectivity index (χ3v) is 2.79. The molecule has 1 N–H and O–H groups in total. The zero-order chi connectivity index (χ0) is 15.6. The van der Waals surface area contributed by atoms with Gasteiger partial charge in [-0.1, -0.05) is 12.1 Å². The molecule has 0 saturated heterocycles. The Kier molecular flexibility index (Phi) is 3.79. The molecule has 108 valence electrons. The van der Waals surface area contributed by atoms with E-state index in [0.29, 0.717) is 0 Å². The van der Waals surface area contributed by atoms with Crippen molar-refractivity contribution in [3.05, 3.63) is 62.3 Å². The van der Waals surface area contributed by atoms with Gasteiger partial charge in [-0.15, -0.1) is 0 Å². The number of hydrogen-bond acceptors (Lipinski definition) is 5. The molecular weight excluding hydrogens is 283 g/mol. The number of nitro groups is 1. The average Bonchev–Trinajstić information content (AvgIpc) is 2.46. The third-order valence-electron chi connectivity index (χ3n) is 2.79. The monoisotopic (exact) mass is 292 g/mol. The maximum Gasteiger partial charge on any atom is 0.344 e. The fraction of sp³-hybridized carbons (Fsp3) is 0.0769. The molecule has 0 spiro atoms. The van der Waals surface area contributed by atoms with Gasteiger partial charge in [0.2, 0.25) is 0 Å². The molecule has 0 bridgehead atoms. The van der Waals surface area contributed by atoms with Crippen LogP contribution in [-0.4, -0.2) is 23.0 Å². The molecule has 7 nitrogen and oxygen atoms in total. The van der Waals surface area contributed by atoms with E-state index < -0.39 is 33.5 Å². The van der Waals surface area contributed by atoms with Crippen LogP contribution in [0.25, 0.3) is 11.1 Å². The molecule has 0 aliphatic rings. The minimum Gasteiger partial charge on any atom is -0.465 e. The van der Waals surface area contributed by atoms with Crippen molar-refractivity contribution in [2.24, 2.45) is 0 Å². The van der Waals surface area contributed by atoms with Crippen molar-refractivity contribution in [1.29, 1.82) is 0 Å². The molecule has 0 fully saturated rings. The van der Waals surface area contributed by atoms with E-state index in [2.05, 4.69) is 9.72 Å². The summed E-state index contributed by atoms with van der Waals surface area (Å²) in [5.74, 6) is -1.56. The smallest absolute Gasteiger partial charge is 0.344 e. The van der Waals surface area contributed by atoms with Gasteiger partial charge < -0.3 is 9.72 Å². The van der Waals surface area contributed by atoms with E-state index in [0.717, 1.165) is 25.4 Å². The molecule has 0 aliphatic carbocycles. The Morgan fingerprint density at radius 1 is 1.33 bits per heavy atom. The van der Waals surface area contributed by atoms with Crippen LogP contribution in [0.3, 0.4) is 0 Å². The third kappa shape index (κ3) is 2.64. The SMILES string of the molecule is COC(=O)c1c(-c2ccc(F)cc2)c([N+](=O)[O-])c[nH]c1=O. The predicted molar refractivity (Wildman–Crippen MR) is 70.5 cm³/mol. The molecular formula is C13H9FN2O5. The van der Waals surface area contributed by atoms with Gasteiger partial charge in [-0.2, -0.15) is 0 Å². The van der Waals surface area contributed by atoms with Crippen molar-refractivity contribution in [1.82, 2.24) is 4.98 Å². The van der Waals surface area contributed by atoms with Crippen LogP contribution < -0.4 is 5.56 Å². The Balaban J connectivity index is 2.85. The van der Waals surface area contributed by atoms with Gasteiger partial charge in [-0.25, -0.2) is 9.18 Å². The first kappa shape index (κ1) is 14.4. The maximum absolute atomic E-state index is 13.0. The number of ether oxygens (including phenoxy) is 1. The Morgan fingerprint density at radius 3 is 2.48 bits per heavy atom. The second kappa shape index (κ2) is 5.53. The second-order valence-corrected chi connectivity index (χ2v) is 4.01. The number of H-pyrrole nitrogens is 1. The highest BCUT2D eigenvalue weighted by Crippen LogP contribution is 2.31. The Labute approximate surface area is 117 Å². The van der Waals surface area contributed by atoms with Gasteiger partial charge in [0.25, 0.3) is 11.2 Å². The summed E-state index contributed by atoms with van der Waals surface area (Å²) in [4.78, 5) is 36.0. The van der Waals surface area contributed by atoms with Crippen molar-refractivity contribution in [3.8, 4) is 11.1 Å². The van der Waals surface area contributed by atoms with Crippen molar-refractivity contribution in [3.63, 3.8) is 0 Å². The molecule has 0 aliphatic heterocycles. The molecule has 1 heterocycles. The summed E-state index contributed by atoms with van der Waals surface area (Å²) < 4.78 is 17.5. The summed E-state index contributed by atoms with van der Waals surface area (Å²) in [6.07, 6.45) is 0.882. The summed E-state index contributed by atoms with van der Waals surface area (Å²) in [6.45, 7) is 0. The lowest BCUT2D eigenvalue weighted by molar-refractivity contribution is -0.384. The molecule has 0 amide bonds. The molecule has 8 heteroatoms. The van der Waals surface area contributed by atoms with Crippen LogP contribution in [0.2, 0.25) is 0 Å². The normalized spacial score (nSPS) is 10.2. The van der Waals surface area contributed by atoms with Crippen molar-refractivity contribution < 1.29 is 18.8 Å². The molecule has 2 rings (SSSR count). The quantitative estimate of drug-likeness (QED) is 0.528. The number of benzene rings is 1. The number of aromatic amines is 1. The Morgan fingerprint density at radius 2 is 1.95 bits per heavy atom. The maximum atomic E-state index is 13.0. The van der Waals surface area contributed by atoms with Gasteiger partial charge in [0.1, 0.15) is 11.4 Å². The van der Waals surface area contributed by atoms with E-state index in [9.17, 15) is 24.1 Å². The molecule has 1 aromatic carbocycles. The van der Waals surface area contributed by atoms with Crippen LogP contribution in [0, 0.1) is 15.9 Å². The van der Waals surface area contributed by atoms with Crippen LogP contribution >= 0.6 is 0 Å². The van der Waals surface area contributed by atoms with Crippen LogP contribution in [-0.2, 0) is 4.74 Å². The predicted octanol–water partition coefficient (Wildman–Crippen LogP) is 1.88. The molecule has 2 aromatic rings. The van der Waals surface area contributed by atoms with Crippen molar-refractivity contribution >= 4 is 11.7 Å². The standard InChI is InChI=1S/C13H9FN2O5/c1-21-13(18)11-10(7-2-4-8(14)5-3-7)9(16(19)20)6-15-12(11)17/h2-6H,1H3,(H,15,17). The van der Waals surface area contributed by atoms with Gasteiger partial charge in [-0.3, -0.25) is 14.9 Å². The van der Waals surface area contributed by atoms with Crippen molar-refractivity contribution in [2.75, 3.05) is 7.11 Å². The zero-order valence-corrected chi connectivity index (χ0v) is 10.8. The lowest BCUT2D eigenvalue weighted by Gasteiger charge is -2.08. The number of nitrogens with one attached hydrogen (secondary N) is 1. The van der Waals surface area contributed by atoms with Crippen LogP contribution in [0.1, 0.15) is 10.4 Å². The minimum absolute atomic E-state index is 0.162. The summed E-state index contributed by atoms with van der Waals surface area (Å²) in [7, 11) is 1.05. The van der Waals surface area contributed by atoms with Crippen molar-refractivity contribution in [2.45, 2.75) is 0 Å². The summed E-state index contributed by atoms with van der Waals surface area (Å²) in [5, 5.41) is 11.1. The number of carbonyl (C=O) groups excluding carboxylic acids is 1. The molecule has 0 saturated carbocycles. The number of rotatable bonds is 3. The first-order valence-corrected chi connectivity index (χ1v) is 5.70. The first-order valence-electron chi connectivity index (χ1n) is 5.70. The number of carbonyl (C=O) groups is 1. The average molecular weight is 292 g/mol. The Hall–Kier alpha value is -3.03. The fourth-order valence-electron chi connectivity index (χ4n) is 1.87. The zero-order valence-electron chi connectivity index (χ0n) is 10.8. The van der Waals surface area contributed by atoms with E-state index >= 15 is 0 Å². The molecule has 0 unspecified atom stereocenters. The minimum atomic E-state index is -1.01. The van der Waals surface area contributed by atoms with Gasteiger partial charge in [0, 0.05) is 0 Å². The van der Waals surface area contributed by atoms with E-state index in [4.69, 9.17) is 0 Å². The van der Waals surface area contributed by atoms with Gasteiger partial charge in [-0.05, 0) is 17.7 Å². The van der Waals surface area contributed by atoms with Gasteiger partial charge in [0.15, 0.2) is 0 Å². The van der Waals surface area contributed by atoms with Crippen LogP contribution in [0.4, 0.5) is 10.1 Å². The van der Waals surface area contributed by atoms with E-state index in [1.54, 1.807) is 0 Å². The number of hydrogen-bond donors (Lipinski definition) is 1. The molecule has 1 aromatic heterocycles. The summed E-state index contributed by atoms with van der Waals surface area (Å²) >= 11 is 0. The highest BCUT2D eigenvalue weighted by molar-refractivity contribution is 5.99. The fourth-order valence-corrected chi connectivity index (χ4v) is 1.87. The Bertz CT molecular complexity index is 767.